The number of nitrogens with one attached hydrogen (secondary N) is 1. The van der Waals surface area contributed by atoms with E-state index in [1.54, 1.807) is 4.90 Å². The molecule has 2 unspecified atom stereocenters. The third-order valence-electron chi connectivity index (χ3n) is 2.77. The van der Waals surface area contributed by atoms with Crippen LogP contribution in [0.3, 0.4) is 0 Å². The van der Waals surface area contributed by atoms with Crippen LogP contribution >= 0.6 is 0 Å². The highest BCUT2D eigenvalue weighted by atomic mass is 16.5. The fourth-order valence-corrected chi connectivity index (χ4v) is 1.89. The van der Waals surface area contributed by atoms with Crippen molar-refractivity contribution in [3.8, 4) is 0 Å². The molecule has 80 valence electrons. The van der Waals surface area contributed by atoms with Crippen LogP contribution in [0.5, 0.6) is 0 Å². The number of likely N-dealkylation sites (tertiary alicyclic amines) is 1. The van der Waals surface area contributed by atoms with Gasteiger partial charge >= 0.3 is 6.03 Å². The molecular formula is C9H17N3O2. The molecule has 5 nitrogen and oxygen atoms in total. The zero-order valence-electron chi connectivity index (χ0n) is 8.24. The topological polar surface area (TPSA) is 67.6 Å². The molecule has 14 heavy (non-hydrogen) atoms. The van der Waals surface area contributed by atoms with Crippen molar-refractivity contribution in [3.05, 3.63) is 0 Å². The maximum absolute atomic E-state index is 11.7. The molecule has 3 N–H and O–H groups in total. The minimum Gasteiger partial charge on any atom is -0.379 e. The molecular weight excluding hydrogens is 182 g/mol. The summed E-state index contributed by atoms with van der Waals surface area (Å²) in [6.07, 6.45) is 1.83. The van der Waals surface area contributed by atoms with E-state index in [1.807, 2.05) is 0 Å². The first kappa shape index (κ1) is 9.73. The smallest absolute Gasteiger partial charge is 0.317 e. The molecule has 2 rings (SSSR count). The number of hydrogen-bond donors (Lipinski definition) is 2. The summed E-state index contributed by atoms with van der Waals surface area (Å²) in [5.41, 5.74) is 5.72. The fraction of sp³-hybridized carbons (Fsp3) is 0.889. The average molecular weight is 199 g/mol. The van der Waals surface area contributed by atoms with Crippen molar-refractivity contribution in [1.82, 2.24) is 10.2 Å². The SMILES string of the molecule is NC1CCN(C(=O)NC2CCOC2)C1. The number of rotatable bonds is 1. The fourth-order valence-electron chi connectivity index (χ4n) is 1.89. The lowest BCUT2D eigenvalue weighted by molar-refractivity contribution is 0.182. The van der Waals surface area contributed by atoms with Crippen molar-refractivity contribution in [2.75, 3.05) is 26.3 Å². The number of amides is 2. The van der Waals surface area contributed by atoms with Crippen LogP contribution in [0.15, 0.2) is 0 Å². The van der Waals surface area contributed by atoms with Gasteiger partial charge in [0.25, 0.3) is 0 Å². The van der Waals surface area contributed by atoms with E-state index in [9.17, 15) is 4.79 Å². The van der Waals surface area contributed by atoms with Gasteiger partial charge in [-0.15, -0.1) is 0 Å². The Morgan fingerprint density at radius 1 is 1.50 bits per heavy atom. The molecule has 0 saturated carbocycles. The van der Waals surface area contributed by atoms with Crippen molar-refractivity contribution >= 4 is 6.03 Å². The Morgan fingerprint density at radius 3 is 2.93 bits per heavy atom. The van der Waals surface area contributed by atoms with Crippen LogP contribution in [-0.2, 0) is 4.74 Å². The predicted molar refractivity (Wildman–Crippen MR) is 51.9 cm³/mol. The highest BCUT2D eigenvalue weighted by Crippen LogP contribution is 2.09. The lowest BCUT2D eigenvalue weighted by Crippen LogP contribution is -2.44. The Hall–Kier alpha value is -0.810. The van der Waals surface area contributed by atoms with E-state index in [1.165, 1.54) is 0 Å². The Bertz CT molecular complexity index is 216. The zero-order chi connectivity index (χ0) is 9.97. The summed E-state index contributed by atoms with van der Waals surface area (Å²) in [7, 11) is 0. The molecule has 2 saturated heterocycles. The summed E-state index contributed by atoms with van der Waals surface area (Å²) in [5.74, 6) is 0. The number of hydrogen-bond acceptors (Lipinski definition) is 3. The van der Waals surface area contributed by atoms with Crippen LogP contribution in [0, 0.1) is 0 Å². The summed E-state index contributed by atoms with van der Waals surface area (Å²) >= 11 is 0. The van der Waals surface area contributed by atoms with E-state index in [-0.39, 0.29) is 18.1 Å². The first-order valence-electron chi connectivity index (χ1n) is 5.14. The van der Waals surface area contributed by atoms with Gasteiger partial charge in [-0.2, -0.15) is 0 Å². The van der Waals surface area contributed by atoms with Gasteiger partial charge < -0.3 is 20.7 Å². The van der Waals surface area contributed by atoms with Crippen molar-refractivity contribution < 1.29 is 9.53 Å². The Kier molecular flexibility index (Phi) is 2.88. The quantitative estimate of drug-likeness (QED) is 0.599. The van der Waals surface area contributed by atoms with Gasteiger partial charge in [0.15, 0.2) is 0 Å². The Balaban J connectivity index is 1.77. The van der Waals surface area contributed by atoms with Gasteiger partial charge in [0.2, 0.25) is 0 Å². The van der Waals surface area contributed by atoms with Gasteiger partial charge in [0.1, 0.15) is 0 Å². The van der Waals surface area contributed by atoms with Crippen molar-refractivity contribution in [1.29, 1.82) is 0 Å². The molecule has 0 bridgehead atoms. The van der Waals surface area contributed by atoms with Gasteiger partial charge in [-0.05, 0) is 12.8 Å². The van der Waals surface area contributed by atoms with Gasteiger partial charge in [0.05, 0.1) is 12.6 Å². The summed E-state index contributed by atoms with van der Waals surface area (Å²) in [6.45, 7) is 2.86. The third kappa shape index (κ3) is 2.16. The number of nitrogens with zero attached hydrogens (tertiary/aromatic N) is 1. The number of nitrogens with two attached hydrogens (primary N) is 1. The Morgan fingerprint density at radius 2 is 2.36 bits per heavy atom. The molecule has 0 aromatic carbocycles. The van der Waals surface area contributed by atoms with Crippen molar-refractivity contribution in [3.63, 3.8) is 0 Å². The predicted octanol–water partition coefficient (Wildman–Crippen LogP) is -0.482. The van der Waals surface area contributed by atoms with E-state index in [4.69, 9.17) is 10.5 Å². The second kappa shape index (κ2) is 4.14. The standard InChI is InChI=1S/C9H17N3O2/c10-7-1-3-12(5-7)9(13)11-8-2-4-14-6-8/h7-8H,1-6,10H2,(H,11,13). The summed E-state index contributed by atoms with van der Waals surface area (Å²) in [4.78, 5) is 13.4. The maximum atomic E-state index is 11.7. The third-order valence-corrected chi connectivity index (χ3v) is 2.77. The molecule has 0 radical (unpaired) electrons. The van der Waals surface area contributed by atoms with Crippen LogP contribution in [0.25, 0.3) is 0 Å². The number of ether oxygens (including phenoxy) is 1. The molecule has 2 fully saturated rings. The average Bonchev–Trinajstić information content (AvgIpc) is 2.75. The molecule has 2 heterocycles. The van der Waals surface area contributed by atoms with E-state index >= 15 is 0 Å². The number of carbonyl (C=O) groups is 1. The second-order valence-corrected chi connectivity index (χ2v) is 4.00. The molecule has 2 aliphatic rings. The van der Waals surface area contributed by atoms with Gasteiger partial charge in [-0.1, -0.05) is 0 Å². The first-order chi connectivity index (χ1) is 6.75. The molecule has 0 aromatic rings. The van der Waals surface area contributed by atoms with E-state index in [2.05, 4.69) is 5.32 Å². The number of urea groups is 1. The minimum absolute atomic E-state index is 0.00782. The Labute approximate surface area is 83.6 Å². The summed E-state index contributed by atoms with van der Waals surface area (Å²) < 4.78 is 5.18. The van der Waals surface area contributed by atoms with E-state index in [0.29, 0.717) is 13.2 Å². The summed E-state index contributed by atoms with van der Waals surface area (Å²) in [5, 5.41) is 2.95. The molecule has 0 aliphatic carbocycles. The van der Waals surface area contributed by atoms with Crippen LogP contribution < -0.4 is 11.1 Å². The maximum Gasteiger partial charge on any atom is 0.317 e. The molecule has 0 aromatic heterocycles. The number of carbonyl (C=O) groups excluding carboxylic acids is 1. The highest BCUT2D eigenvalue weighted by molar-refractivity contribution is 5.74. The normalized spacial score (nSPS) is 32.2. The van der Waals surface area contributed by atoms with Gasteiger partial charge in [-0.3, -0.25) is 0 Å². The summed E-state index contributed by atoms with van der Waals surface area (Å²) in [6, 6.07) is 0.355. The largest absolute Gasteiger partial charge is 0.379 e. The van der Waals surface area contributed by atoms with Crippen LogP contribution in [0.1, 0.15) is 12.8 Å². The van der Waals surface area contributed by atoms with E-state index < -0.39 is 0 Å². The lowest BCUT2D eigenvalue weighted by Gasteiger charge is -2.19. The monoisotopic (exact) mass is 199 g/mol. The second-order valence-electron chi connectivity index (χ2n) is 4.00. The van der Waals surface area contributed by atoms with Crippen molar-refractivity contribution in [2.45, 2.75) is 24.9 Å². The molecule has 2 aliphatic heterocycles. The first-order valence-corrected chi connectivity index (χ1v) is 5.14. The van der Waals surface area contributed by atoms with Gasteiger partial charge in [-0.25, -0.2) is 4.79 Å². The zero-order valence-corrected chi connectivity index (χ0v) is 8.24. The molecule has 0 spiro atoms. The molecule has 5 heteroatoms. The lowest BCUT2D eigenvalue weighted by atomic mass is 10.3. The van der Waals surface area contributed by atoms with Crippen molar-refractivity contribution in [2.24, 2.45) is 5.73 Å². The van der Waals surface area contributed by atoms with E-state index in [0.717, 1.165) is 26.0 Å². The van der Waals surface area contributed by atoms with Crippen LogP contribution in [0.2, 0.25) is 0 Å². The highest BCUT2D eigenvalue weighted by Gasteiger charge is 2.26. The minimum atomic E-state index is 0.00782. The van der Waals surface area contributed by atoms with Gasteiger partial charge in [0, 0.05) is 25.7 Å². The van der Waals surface area contributed by atoms with Crippen LogP contribution in [-0.4, -0.2) is 49.3 Å². The molecule has 2 atom stereocenters. The molecule has 2 amide bonds. The van der Waals surface area contributed by atoms with Crippen LogP contribution in [0.4, 0.5) is 4.79 Å².